The van der Waals surface area contributed by atoms with E-state index in [1.807, 2.05) is 0 Å². The van der Waals surface area contributed by atoms with Crippen LogP contribution in [-0.2, 0) is 22.9 Å². The number of fused-ring (bicyclic) bond motifs is 1. The second-order valence-corrected chi connectivity index (χ2v) is 6.34. The first-order chi connectivity index (χ1) is 10.5. The van der Waals surface area contributed by atoms with Crippen LogP contribution < -0.4 is 11.2 Å². The van der Waals surface area contributed by atoms with Crippen molar-refractivity contribution in [2.75, 3.05) is 13.2 Å². The Kier molecular flexibility index (Phi) is 4.06. The fourth-order valence-electron chi connectivity index (χ4n) is 2.49. The Hall–Kier alpha value is -1.29. The van der Waals surface area contributed by atoms with E-state index >= 15 is 0 Å². The second kappa shape index (κ2) is 5.73. The maximum atomic E-state index is 12.3. The number of aromatic nitrogens is 2. The van der Waals surface area contributed by atoms with Crippen LogP contribution in [-0.4, -0.2) is 46.2 Å². The van der Waals surface area contributed by atoms with Crippen LogP contribution >= 0.6 is 7.82 Å². The van der Waals surface area contributed by atoms with Crippen molar-refractivity contribution in [1.82, 2.24) is 9.55 Å². The molecule has 0 amide bonds. The molecule has 0 bridgehead atoms. The molecule has 22 heavy (non-hydrogen) atoms. The third-order valence-corrected chi connectivity index (χ3v) is 4.96. The Morgan fingerprint density at radius 2 is 2.14 bits per heavy atom. The second-order valence-electron chi connectivity index (χ2n) is 4.77. The summed E-state index contributed by atoms with van der Waals surface area (Å²) in [4.78, 5) is 25.1. The molecule has 1 aromatic rings. The number of phosphoric ester groups is 1. The lowest BCUT2D eigenvalue weighted by Gasteiger charge is -2.19. The van der Waals surface area contributed by atoms with Crippen molar-refractivity contribution in [1.29, 1.82) is 0 Å². The lowest BCUT2D eigenvalue weighted by atomic mass is 10.1. The molecule has 0 aromatic carbocycles. The van der Waals surface area contributed by atoms with Gasteiger partial charge in [0.2, 0.25) is 0 Å². The molecule has 5 atom stereocenters. The molecule has 2 saturated heterocycles. The summed E-state index contributed by atoms with van der Waals surface area (Å²) in [5, 5.41) is 9.36. The van der Waals surface area contributed by atoms with Crippen molar-refractivity contribution in [2.24, 2.45) is 0 Å². The Balaban J connectivity index is 1.95. The highest BCUT2D eigenvalue weighted by Crippen LogP contribution is 2.61. The normalized spacial score (nSPS) is 37.4. The van der Waals surface area contributed by atoms with Crippen molar-refractivity contribution in [2.45, 2.75) is 31.5 Å². The Morgan fingerprint density at radius 3 is 2.77 bits per heavy atom. The molecular formula is C11H15N2O8P. The minimum absolute atomic E-state index is 0.116. The van der Waals surface area contributed by atoms with Gasteiger partial charge in [0, 0.05) is 12.3 Å². The van der Waals surface area contributed by atoms with Gasteiger partial charge in [0.15, 0.2) is 6.23 Å². The lowest BCUT2D eigenvalue weighted by molar-refractivity contribution is -0.0639. The van der Waals surface area contributed by atoms with Crippen molar-refractivity contribution in [3.8, 4) is 0 Å². The minimum atomic E-state index is -3.76. The number of aliphatic hydroxyl groups is 1. The minimum Gasteiger partial charge on any atom is -0.394 e. The fraction of sp³-hybridized carbons (Fsp3) is 0.636. The zero-order valence-corrected chi connectivity index (χ0v) is 12.5. The summed E-state index contributed by atoms with van der Waals surface area (Å²) in [7, 11) is -3.76. The number of nitrogens with one attached hydrogen (secondary N) is 1. The van der Waals surface area contributed by atoms with Crippen LogP contribution in [0.15, 0.2) is 21.9 Å². The molecule has 3 rings (SSSR count). The zero-order chi connectivity index (χ0) is 15.9. The van der Waals surface area contributed by atoms with Crippen LogP contribution in [0.1, 0.15) is 13.2 Å². The van der Waals surface area contributed by atoms with Crippen molar-refractivity contribution in [3.05, 3.63) is 33.1 Å². The lowest BCUT2D eigenvalue weighted by Crippen LogP contribution is -2.36. The number of nitrogens with zero attached hydrogens (tertiary/aromatic N) is 1. The summed E-state index contributed by atoms with van der Waals surface area (Å²) in [6.07, 6.45) is -2.34. The van der Waals surface area contributed by atoms with Crippen molar-refractivity contribution >= 4 is 7.82 Å². The first kappa shape index (κ1) is 15.6. The van der Waals surface area contributed by atoms with Crippen LogP contribution in [0.2, 0.25) is 0 Å². The monoisotopic (exact) mass is 334 g/mol. The quantitative estimate of drug-likeness (QED) is 0.695. The van der Waals surface area contributed by atoms with E-state index in [2.05, 4.69) is 4.98 Å². The number of aliphatic hydroxyl groups excluding tert-OH is 1. The van der Waals surface area contributed by atoms with E-state index in [0.717, 1.165) is 10.6 Å². The van der Waals surface area contributed by atoms with E-state index < -0.39 is 50.2 Å². The van der Waals surface area contributed by atoms with Gasteiger partial charge >= 0.3 is 13.5 Å². The third kappa shape index (κ3) is 2.58. The predicted octanol–water partition coefficient (Wildman–Crippen LogP) is -0.645. The molecule has 0 radical (unpaired) electrons. The molecule has 2 fully saturated rings. The molecule has 2 N–H and O–H groups in total. The van der Waals surface area contributed by atoms with Gasteiger partial charge in [-0.25, -0.2) is 9.36 Å². The highest BCUT2D eigenvalue weighted by Gasteiger charge is 2.58. The van der Waals surface area contributed by atoms with Gasteiger partial charge in [-0.15, -0.1) is 0 Å². The van der Waals surface area contributed by atoms with Crippen molar-refractivity contribution < 1.29 is 28.0 Å². The summed E-state index contributed by atoms with van der Waals surface area (Å²) in [6.45, 7) is 1.33. The maximum Gasteiger partial charge on any atom is 0.475 e. The molecule has 11 heteroatoms. The van der Waals surface area contributed by atoms with Crippen LogP contribution in [0.3, 0.4) is 0 Å². The Morgan fingerprint density at radius 1 is 1.41 bits per heavy atom. The summed E-state index contributed by atoms with van der Waals surface area (Å²) in [5.74, 6) is 0. The number of phosphoric acid groups is 1. The van der Waals surface area contributed by atoms with Crippen LogP contribution in [0.5, 0.6) is 0 Å². The highest BCUT2D eigenvalue weighted by molar-refractivity contribution is 7.48. The average molecular weight is 334 g/mol. The van der Waals surface area contributed by atoms with Gasteiger partial charge in [0.05, 0.1) is 13.2 Å². The van der Waals surface area contributed by atoms with Crippen LogP contribution in [0.4, 0.5) is 0 Å². The molecule has 0 aliphatic carbocycles. The molecule has 0 spiro atoms. The van der Waals surface area contributed by atoms with Gasteiger partial charge in [-0.05, 0) is 6.92 Å². The van der Waals surface area contributed by atoms with E-state index in [1.165, 1.54) is 6.20 Å². The standard InChI is InChI=1S/C11H15N2O8P/c1-2-18-22(17)20-8-6(5-14)19-10(9(8)21-22)13-4-3-7(15)12-11(13)16/h3-4,6,8-10,14H,2,5H2,1H3,(H,12,15,16)/t6-,8-,9-,10-,22?/m1/s1. The van der Waals surface area contributed by atoms with E-state index in [0.29, 0.717) is 0 Å². The molecule has 1 aromatic heterocycles. The number of aromatic amines is 1. The Bertz CT molecular complexity index is 715. The topological polar surface area (TPSA) is 129 Å². The van der Waals surface area contributed by atoms with Gasteiger partial charge in [-0.2, -0.15) is 0 Å². The summed E-state index contributed by atoms with van der Waals surface area (Å²) in [6, 6.07) is 1.14. The molecule has 3 heterocycles. The fourth-order valence-corrected chi connectivity index (χ4v) is 4.05. The van der Waals surface area contributed by atoms with E-state index in [4.69, 9.17) is 18.3 Å². The molecule has 0 saturated carbocycles. The number of rotatable bonds is 4. The zero-order valence-electron chi connectivity index (χ0n) is 11.6. The molecule has 1 unspecified atom stereocenters. The molecule has 2 aliphatic heterocycles. The highest BCUT2D eigenvalue weighted by atomic mass is 31.2. The van der Waals surface area contributed by atoms with E-state index in [-0.39, 0.29) is 6.61 Å². The molecule has 10 nitrogen and oxygen atoms in total. The average Bonchev–Trinajstić information content (AvgIpc) is 2.94. The molecule has 122 valence electrons. The first-order valence-corrected chi connectivity index (χ1v) is 8.12. The summed E-state index contributed by atoms with van der Waals surface area (Å²) in [5.41, 5.74) is -1.27. The van der Waals surface area contributed by atoms with Gasteiger partial charge in [0.1, 0.15) is 18.3 Å². The molecular weight excluding hydrogens is 319 g/mol. The Labute approximate surface area is 124 Å². The van der Waals surface area contributed by atoms with Crippen molar-refractivity contribution in [3.63, 3.8) is 0 Å². The maximum absolute atomic E-state index is 12.3. The smallest absolute Gasteiger partial charge is 0.394 e. The number of hydrogen-bond acceptors (Lipinski definition) is 8. The summed E-state index contributed by atoms with van der Waals surface area (Å²) >= 11 is 0. The largest absolute Gasteiger partial charge is 0.475 e. The number of ether oxygens (including phenoxy) is 1. The van der Waals surface area contributed by atoms with Crippen LogP contribution in [0.25, 0.3) is 0 Å². The number of H-pyrrole nitrogens is 1. The van der Waals surface area contributed by atoms with Gasteiger partial charge < -0.3 is 9.84 Å². The number of hydrogen-bond donors (Lipinski definition) is 2. The molecule has 2 aliphatic rings. The van der Waals surface area contributed by atoms with Gasteiger partial charge in [-0.1, -0.05) is 0 Å². The first-order valence-electron chi connectivity index (χ1n) is 6.66. The third-order valence-electron chi connectivity index (χ3n) is 3.38. The van der Waals surface area contributed by atoms with Gasteiger partial charge in [0.25, 0.3) is 5.56 Å². The summed E-state index contributed by atoms with van der Waals surface area (Å²) < 4.78 is 34.4. The predicted molar refractivity (Wildman–Crippen MR) is 71.3 cm³/mol. The van der Waals surface area contributed by atoms with Gasteiger partial charge in [-0.3, -0.25) is 27.9 Å². The van der Waals surface area contributed by atoms with E-state index in [1.54, 1.807) is 6.92 Å². The van der Waals surface area contributed by atoms with E-state index in [9.17, 15) is 19.3 Å². The van der Waals surface area contributed by atoms with Crippen LogP contribution in [0, 0.1) is 0 Å². The SMILES string of the molecule is CCOP1(=O)O[C@@H]2[C@H](O1)[C@@H](CO)O[C@H]2n1ccc(=O)[nH]c1=O.